The van der Waals surface area contributed by atoms with Crippen molar-refractivity contribution in [3.05, 3.63) is 72.3 Å². The third-order valence-electron chi connectivity index (χ3n) is 5.30. The van der Waals surface area contributed by atoms with Crippen molar-refractivity contribution in [3.8, 4) is 11.3 Å². The van der Waals surface area contributed by atoms with E-state index in [1.54, 1.807) is 0 Å². The first-order valence-electron chi connectivity index (χ1n) is 10.4. The molecule has 0 radical (unpaired) electrons. The van der Waals surface area contributed by atoms with E-state index in [0.29, 0.717) is 6.04 Å². The molecule has 144 valence electrons. The summed E-state index contributed by atoms with van der Waals surface area (Å²) in [5.41, 5.74) is 3.40. The lowest BCUT2D eigenvalue weighted by Gasteiger charge is -2.23. The fraction of sp³-hybridized carbons (Fsp3) is 0.333. The van der Waals surface area contributed by atoms with Crippen LogP contribution in [-0.2, 0) is 6.42 Å². The zero-order valence-corrected chi connectivity index (χ0v) is 16.3. The van der Waals surface area contributed by atoms with Gasteiger partial charge in [0.15, 0.2) is 0 Å². The van der Waals surface area contributed by atoms with Crippen LogP contribution in [0.1, 0.15) is 37.7 Å². The van der Waals surface area contributed by atoms with E-state index < -0.39 is 0 Å². The molecule has 1 saturated carbocycles. The molecule has 0 amide bonds. The molecule has 2 aromatic carbocycles. The number of hydrogen-bond donors (Lipinski definition) is 2. The van der Waals surface area contributed by atoms with Gasteiger partial charge in [-0.1, -0.05) is 79.9 Å². The monoisotopic (exact) mass is 372 g/mol. The van der Waals surface area contributed by atoms with Crippen molar-refractivity contribution in [3.63, 3.8) is 0 Å². The Bertz CT molecular complexity index is 858. The summed E-state index contributed by atoms with van der Waals surface area (Å²) in [6.07, 6.45) is 7.30. The molecule has 1 aromatic heterocycles. The van der Waals surface area contributed by atoms with Crippen molar-refractivity contribution in [2.24, 2.45) is 0 Å². The second kappa shape index (κ2) is 9.36. The molecular formula is C24H28N4. The van der Waals surface area contributed by atoms with Crippen LogP contribution in [0.15, 0.2) is 66.7 Å². The maximum Gasteiger partial charge on any atom is 0.225 e. The highest BCUT2D eigenvalue weighted by Gasteiger charge is 2.15. The van der Waals surface area contributed by atoms with Crippen LogP contribution in [0.5, 0.6) is 0 Å². The van der Waals surface area contributed by atoms with E-state index in [-0.39, 0.29) is 0 Å². The summed E-state index contributed by atoms with van der Waals surface area (Å²) in [5.74, 6) is 1.61. The number of rotatable bonds is 7. The molecule has 4 heteroatoms. The summed E-state index contributed by atoms with van der Waals surface area (Å²) in [6.45, 7) is 0.845. The number of nitrogens with one attached hydrogen (secondary N) is 2. The summed E-state index contributed by atoms with van der Waals surface area (Å²) in [7, 11) is 0. The first-order chi connectivity index (χ1) is 13.9. The topological polar surface area (TPSA) is 49.8 Å². The molecule has 4 nitrogen and oxygen atoms in total. The maximum atomic E-state index is 4.80. The molecule has 0 atom stereocenters. The van der Waals surface area contributed by atoms with Gasteiger partial charge in [-0.3, -0.25) is 0 Å². The van der Waals surface area contributed by atoms with E-state index >= 15 is 0 Å². The molecule has 3 aromatic rings. The van der Waals surface area contributed by atoms with Gasteiger partial charge in [-0.05, 0) is 24.8 Å². The fourth-order valence-electron chi connectivity index (χ4n) is 3.77. The van der Waals surface area contributed by atoms with Crippen molar-refractivity contribution in [1.29, 1.82) is 0 Å². The van der Waals surface area contributed by atoms with Gasteiger partial charge in [-0.2, -0.15) is 4.98 Å². The molecule has 0 saturated heterocycles. The van der Waals surface area contributed by atoms with E-state index in [2.05, 4.69) is 53.1 Å². The zero-order chi connectivity index (χ0) is 19.0. The van der Waals surface area contributed by atoms with Crippen molar-refractivity contribution < 1.29 is 0 Å². The van der Waals surface area contributed by atoms with Crippen LogP contribution >= 0.6 is 0 Å². The fourth-order valence-corrected chi connectivity index (χ4v) is 3.77. The molecule has 1 heterocycles. The Morgan fingerprint density at radius 2 is 1.54 bits per heavy atom. The Morgan fingerprint density at radius 3 is 2.29 bits per heavy atom. The van der Waals surface area contributed by atoms with E-state index in [4.69, 9.17) is 9.97 Å². The van der Waals surface area contributed by atoms with Crippen molar-refractivity contribution in [1.82, 2.24) is 9.97 Å². The summed E-state index contributed by atoms with van der Waals surface area (Å²) in [6, 6.07) is 23.4. The molecule has 1 fully saturated rings. The Kier molecular flexibility index (Phi) is 6.18. The minimum Gasteiger partial charge on any atom is -0.370 e. The van der Waals surface area contributed by atoms with Gasteiger partial charge >= 0.3 is 0 Å². The lowest BCUT2D eigenvalue weighted by atomic mass is 9.96. The highest BCUT2D eigenvalue weighted by molar-refractivity contribution is 5.64. The van der Waals surface area contributed by atoms with Crippen molar-refractivity contribution >= 4 is 11.8 Å². The molecular weight excluding hydrogens is 344 g/mol. The van der Waals surface area contributed by atoms with Gasteiger partial charge in [-0.25, -0.2) is 4.98 Å². The Morgan fingerprint density at radius 1 is 0.821 bits per heavy atom. The van der Waals surface area contributed by atoms with E-state index in [1.807, 2.05) is 24.3 Å². The van der Waals surface area contributed by atoms with Crippen molar-refractivity contribution in [2.45, 2.75) is 44.6 Å². The van der Waals surface area contributed by atoms with Crippen LogP contribution < -0.4 is 10.6 Å². The van der Waals surface area contributed by atoms with E-state index in [9.17, 15) is 0 Å². The number of benzene rings is 2. The second-order valence-electron chi connectivity index (χ2n) is 7.47. The van der Waals surface area contributed by atoms with Crippen LogP contribution in [0, 0.1) is 0 Å². The average Bonchev–Trinajstić information content (AvgIpc) is 2.76. The summed E-state index contributed by atoms with van der Waals surface area (Å²) in [4.78, 5) is 9.55. The minimum absolute atomic E-state index is 0.483. The molecule has 0 bridgehead atoms. The Hall–Kier alpha value is -2.88. The predicted octanol–water partition coefficient (Wildman–Crippen LogP) is 5.54. The number of hydrogen-bond acceptors (Lipinski definition) is 4. The first kappa shape index (κ1) is 18.5. The Balaban J connectivity index is 1.51. The smallest absolute Gasteiger partial charge is 0.225 e. The number of nitrogens with zero attached hydrogens (tertiary/aromatic N) is 2. The third-order valence-corrected chi connectivity index (χ3v) is 5.30. The van der Waals surface area contributed by atoms with Gasteiger partial charge in [0, 0.05) is 24.2 Å². The SMILES string of the molecule is c1ccc(CCNc2cc(-c3ccccc3)nc(NC3CCCCC3)n2)cc1. The third kappa shape index (κ3) is 5.10. The molecule has 0 spiro atoms. The van der Waals surface area contributed by atoms with Gasteiger partial charge in [0.05, 0.1) is 5.69 Å². The largest absolute Gasteiger partial charge is 0.370 e. The number of anilines is 2. The van der Waals surface area contributed by atoms with Crippen LogP contribution in [0.4, 0.5) is 11.8 Å². The zero-order valence-electron chi connectivity index (χ0n) is 16.3. The van der Waals surface area contributed by atoms with Gasteiger partial charge in [0.1, 0.15) is 5.82 Å². The highest BCUT2D eigenvalue weighted by Crippen LogP contribution is 2.24. The first-order valence-corrected chi connectivity index (χ1v) is 10.4. The molecule has 0 unspecified atom stereocenters. The summed E-state index contributed by atoms with van der Waals surface area (Å²) in [5, 5.41) is 7.07. The van der Waals surface area contributed by atoms with Crippen molar-refractivity contribution in [2.75, 3.05) is 17.2 Å². The predicted molar refractivity (Wildman–Crippen MR) is 117 cm³/mol. The van der Waals surface area contributed by atoms with Gasteiger partial charge < -0.3 is 10.6 Å². The lowest BCUT2D eigenvalue weighted by molar-refractivity contribution is 0.461. The molecule has 1 aliphatic rings. The standard InChI is InChI=1S/C24H28N4/c1-4-10-19(11-5-1)16-17-25-23-18-22(20-12-6-2-7-13-20)27-24(28-23)26-21-14-8-3-9-15-21/h1-2,4-7,10-13,18,21H,3,8-9,14-17H2,(H2,25,26,27,28). The van der Waals surface area contributed by atoms with E-state index in [1.165, 1.54) is 37.7 Å². The van der Waals surface area contributed by atoms with Gasteiger partial charge in [0.2, 0.25) is 5.95 Å². The van der Waals surface area contributed by atoms with Gasteiger partial charge in [0.25, 0.3) is 0 Å². The molecule has 28 heavy (non-hydrogen) atoms. The Labute approximate surface area is 167 Å². The van der Waals surface area contributed by atoms with Crippen LogP contribution in [0.2, 0.25) is 0 Å². The minimum atomic E-state index is 0.483. The normalized spacial score (nSPS) is 14.6. The number of aromatic nitrogens is 2. The average molecular weight is 373 g/mol. The highest BCUT2D eigenvalue weighted by atomic mass is 15.2. The molecule has 2 N–H and O–H groups in total. The second-order valence-corrected chi connectivity index (χ2v) is 7.47. The lowest BCUT2D eigenvalue weighted by Crippen LogP contribution is -2.24. The van der Waals surface area contributed by atoms with Gasteiger partial charge in [-0.15, -0.1) is 0 Å². The molecule has 4 rings (SSSR count). The maximum absolute atomic E-state index is 4.80. The van der Waals surface area contributed by atoms with Crippen LogP contribution in [-0.4, -0.2) is 22.6 Å². The summed E-state index contributed by atoms with van der Waals surface area (Å²) >= 11 is 0. The summed E-state index contributed by atoms with van der Waals surface area (Å²) < 4.78 is 0. The van der Waals surface area contributed by atoms with E-state index in [0.717, 1.165) is 36.0 Å². The molecule has 1 aliphatic carbocycles. The van der Waals surface area contributed by atoms with Crippen LogP contribution in [0.25, 0.3) is 11.3 Å². The molecule has 0 aliphatic heterocycles. The quantitative estimate of drug-likeness (QED) is 0.571. The van der Waals surface area contributed by atoms with Crippen LogP contribution in [0.3, 0.4) is 0 Å².